The highest BCUT2D eigenvalue weighted by Gasteiger charge is 2.37. The minimum absolute atomic E-state index is 0.00127. The molecule has 1 aromatic heterocycles. The molecule has 33 heavy (non-hydrogen) atoms. The Hall–Kier alpha value is -3.57. The average molecular weight is 468 g/mol. The fourth-order valence-corrected chi connectivity index (χ4v) is 3.77. The molecule has 2 heterocycles. The van der Waals surface area contributed by atoms with Crippen molar-refractivity contribution in [3.05, 3.63) is 57.8 Å². The van der Waals surface area contributed by atoms with E-state index in [2.05, 4.69) is 10.3 Å². The third kappa shape index (κ3) is 6.02. The summed E-state index contributed by atoms with van der Waals surface area (Å²) in [5, 5.41) is 12.4. The lowest BCUT2D eigenvalue weighted by molar-refractivity contribution is -0.128. The van der Waals surface area contributed by atoms with Crippen molar-refractivity contribution in [3.8, 4) is 5.75 Å². The van der Waals surface area contributed by atoms with Gasteiger partial charge in [-0.15, -0.1) is 0 Å². The SMILES string of the molecule is O=CNCCn1c(C2CCCN2C(=O)OCc2ccccc2)nc(=O)c(O)c1CC(F)(F)F. The molecule has 0 aliphatic carbocycles. The second kappa shape index (κ2) is 10.4. The number of benzene rings is 1. The highest BCUT2D eigenvalue weighted by Crippen LogP contribution is 2.34. The van der Waals surface area contributed by atoms with Crippen LogP contribution in [0, 0.1) is 0 Å². The normalized spacial score (nSPS) is 16.0. The first-order valence-corrected chi connectivity index (χ1v) is 10.2. The van der Waals surface area contributed by atoms with E-state index >= 15 is 0 Å². The van der Waals surface area contributed by atoms with Crippen LogP contribution < -0.4 is 10.9 Å². The van der Waals surface area contributed by atoms with E-state index in [0.717, 1.165) is 10.1 Å². The van der Waals surface area contributed by atoms with Gasteiger partial charge >= 0.3 is 17.8 Å². The average Bonchev–Trinajstić information content (AvgIpc) is 3.26. The Labute approximate surface area is 186 Å². The van der Waals surface area contributed by atoms with Crippen LogP contribution in [0.4, 0.5) is 18.0 Å². The molecule has 1 fully saturated rings. The third-order valence-corrected chi connectivity index (χ3v) is 5.22. The van der Waals surface area contributed by atoms with Gasteiger partial charge in [0.2, 0.25) is 12.2 Å². The van der Waals surface area contributed by atoms with Crippen LogP contribution in [0.25, 0.3) is 0 Å². The molecular weight excluding hydrogens is 445 g/mol. The van der Waals surface area contributed by atoms with Crippen LogP contribution in [-0.4, -0.2) is 51.3 Å². The topological polar surface area (TPSA) is 114 Å². The van der Waals surface area contributed by atoms with Crippen LogP contribution in [0.3, 0.4) is 0 Å². The van der Waals surface area contributed by atoms with Crippen molar-refractivity contribution in [2.75, 3.05) is 13.1 Å². The monoisotopic (exact) mass is 468 g/mol. The number of carbonyl (C=O) groups is 2. The number of carbonyl (C=O) groups excluding carboxylic acids is 2. The molecular formula is C21H23F3N4O5. The zero-order valence-electron chi connectivity index (χ0n) is 17.5. The van der Waals surface area contributed by atoms with Crippen molar-refractivity contribution in [3.63, 3.8) is 0 Å². The van der Waals surface area contributed by atoms with E-state index in [1.165, 1.54) is 4.90 Å². The Bertz CT molecular complexity index is 1040. The molecule has 1 aliphatic rings. The van der Waals surface area contributed by atoms with E-state index in [-0.39, 0.29) is 32.1 Å². The quantitative estimate of drug-likeness (QED) is 0.454. The van der Waals surface area contributed by atoms with Gasteiger partial charge in [0.05, 0.1) is 18.2 Å². The van der Waals surface area contributed by atoms with Crippen molar-refractivity contribution in [1.82, 2.24) is 19.8 Å². The molecule has 3 rings (SSSR count). The maximum atomic E-state index is 13.2. The Morgan fingerprint density at radius 1 is 1.30 bits per heavy atom. The first-order chi connectivity index (χ1) is 15.7. The van der Waals surface area contributed by atoms with Crippen molar-refractivity contribution < 1.29 is 32.6 Å². The van der Waals surface area contributed by atoms with Crippen LogP contribution in [0.5, 0.6) is 5.75 Å². The molecule has 0 spiro atoms. The van der Waals surface area contributed by atoms with Gasteiger partial charge in [-0.3, -0.25) is 14.5 Å². The largest absolute Gasteiger partial charge is 0.502 e. The van der Waals surface area contributed by atoms with Gasteiger partial charge < -0.3 is 19.7 Å². The summed E-state index contributed by atoms with van der Waals surface area (Å²) in [7, 11) is 0. The summed E-state index contributed by atoms with van der Waals surface area (Å²) in [6.45, 7) is -0.00222. The van der Waals surface area contributed by atoms with Gasteiger partial charge in [-0.05, 0) is 18.4 Å². The van der Waals surface area contributed by atoms with Gasteiger partial charge in [0, 0.05) is 19.6 Å². The molecule has 1 aromatic carbocycles. The minimum Gasteiger partial charge on any atom is -0.502 e. The van der Waals surface area contributed by atoms with Crippen molar-refractivity contribution in [1.29, 1.82) is 0 Å². The Kier molecular flexibility index (Phi) is 7.56. The molecule has 1 atom stereocenters. The number of alkyl halides is 3. The number of hydrogen-bond acceptors (Lipinski definition) is 6. The number of aromatic hydroxyl groups is 1. The van der Waals surface area contributed by atoms with Crippen LogP contribution >= 0.6 is 0 Å². The molecule has 0 radical (unpaired) electrons. The van der Waals surface area contributed by atoms with Gasteiger partial charge in [-0.25, -0.2) is 4.79 Å². The van der Waals surface area contributed by atoms with Gasteiger partial charge in [0.25, 0.3) is 0 Å². The second-order valence-electron chi connectivity index (χ2n) is 7.48. The fraction of sp³-hybridized carbons (Fsp3) is 0.429. The number of nitrogens with zero attached hydrogens (tertiary/aromatic N) is 3. The number of ether oxygens (including phenoxy) is 1. The minimum atomic E-state index is -4.72. The van der Waals surface area contributed by atoms with E-state index in [0.29, 0.717) is 19.3 Å². The van der Waals surface area contributed by atoms with E-state index in [1.54, 1.807) is 24.3 Å². The highest BCUT2D eigenvalue weighted by atomic mass is 19.4. The summed E-state index contributed by atoms with van der Waals surface area (Å²) in [4.78, 5) is 40.7. The molecule has 9 nitrogen and oxygen atoms in total. The maximum absolute atomic E-state index is 13.2. The molecule has 1 saturated heterocycles. The summed E-state index contributed by atoms with van der Waals surface area (Å²) in [6.07, 6.45) is -5.75. The van der Waals surface area contributed by atoms with Crippen LogP contribution in [0.15, 0.2) is 35.1 Å². The molecule has 2 aromatic rings. The lowest BCUT2D eigenvalue weighted by atomic mass is 10.1. The molecule has 0 bridgehead atoms. The zero-order valence-corrected chi connectivity index (χ0v) is 17.5. The first kappa shape index (κ1) is 24.1. The van der Waals surface area contributed by atoms with Crippen LogP contribution in [0.2, 0.25) is 0 Å². The van der Waals surface area contributed by atoms with E-state index in [4.69, 9.17) is 4.74 Å². The van der Waals surface area contributed by atoms with Gasteiger partial charge in [0.15, 0.2) is 0 Å². The standard InChI is InChI=1S/C21H23F3N4O5/c22-21(23,24)11-16-17(30)19(31)26-18(27(16)10-8-25-13-29)15-7-4-9-28(15)20(32)33-12-14-5-2-1-3-6-14/h1-3,5-6,13,15,30H,4,7-12H2,(H,25,29). The maximum Gasteiger partial charge on any atom is 0.410 e. The predicted octanol–water partition coefficient (Wildman–Crippen LogP) is 2.27. The summed E-state index contributed by atoms with van der Waals surface area (Å²) >= 11 is 0. The Morgan fingerprint density at radius 3 is 2.70 bits per heavy atom. The van der Waals surface area contributed by atoms with Gasteiger partial charge in [0.1, 0.15) is 12.4 Å². The van der Waals surface area contributed by atoms with Gasteiger partial charge in [-0.2, -0.15) is 18.2 Å². The summed E-state index contributed by atoms with van der Waals surface area (Å²) in [6, 6.07) is 8.11. The molecule has 178 valence electrons. The summed E-state index contributed by atoms with van der Waals surface area (Å²) in [5.74, 6) is -1.21. The summed E-state index contributed by atoms with van der Waals surface area (Å²) in [5.41, 5.74) is -1.13. The molecule has 0 saturated carbocycles. The Balaban J connectivity index is 1.93. The number of rotatable bonds is 8. The molecule has 2 amide bonds. The molecule has 1 aliphatic heterocycles. The first-order valence-electron chi connectivity index (χ1n) is 10.2. The lowest BCUT2D eigenvalue weighted by Gasteiger charge is -2.28. The number of halogens is 3. The number of aromatic nitrogens is 2. The molecule has 2 N–H and O–H groups in total. The number of likely N-dealkylation sites (tertiary alicyclic amines) is 1. The van der Waals surface area contributed by atoms with Crippen molar-refractivity contribution >= 4 is 12.5 Å². The van der Waals surface area contributed by atoms with E-state index in [1.807, 2.05) is 6.07 Å². The van der Waals surface area contributed by atoms with Crippen LogP contribution in [-0.2, 0) is 29.1 Å². The lowest BCUT2D eigenvalue weighted by Crippen LogP contribution is -2.36. The van der Waals surface area contributed by atoms with Crippen molar-refractivity contribution in [2.45, 2.75) is 44.6 Å². The third-order valence-electron chi connectivity index (χ3n) is 5.22. The zero-order chi connectivity index (χ0) is 24.0. The Morgan fingerprint density at radius 2 is 2.03 bits per heavy atom. The molecule has 1 unspecified atom stereocenters. The number of hydrogen-bond donors (Lipinski definition) is 2. The molecule has 12 heteroatoms. The fourth-order valence-electron chi connectivity index (χ4n) is 3.77. The highest BCUT2D eigenvalue weighted by molar-refractivity contribution is 5.68. The number of amides is 2. The van der Waals surface area contributed by atoms with E-state index < -0.39 is 41.7 Å². The van der Waals surface area contributed by atoms with Crippen molar-refractivity contribution in [2.24, 2.45) is 0 Å². The van der Waals surface area contributed by atoms with E-state index in [9.17, 15) is 32.7 Å². The number of nitrogens with one attached hydrogen (secondary N) is 1. The second-order valence-corrected chi connectivity index (χ2v) is 7.48. The van der Waals surface area contributed by atoms with Crippen LogP contribution in [0.1, 0.15) is 36.0 Å². The van der Waals surface area contributed by atoms with Gasteiger partial charge in [-0.1, -0.05) is 30.3 Å². The smallest absolute Gasteiger partial charge is 0.410 e. The predicted molar refractivity (Wildman–Crippen MR) is 109 cm³/mol. The summed E-state index contributed by atoms with van der Waals surface area (Å²) < 4.78 is 46.0.